The molecule has 0 unspecified atom stereocenters. The van der Waals surface area contributed by atoms with Crippen molar-refractivity contribution in [1.29, 1.82) is 0 Å². The molecule has 0 saturated carbocycles. The lowest BCUT2D eigenvalue weighted by Crippen LogP contribution is -2.47. The first-order valence-electron chi connectivity index (χ1n) is 16.7. The third kappa shape index (κ3) is 14.1. The van der Waals surface area contributed by atoms with Gasteiger partial charge in [-0.3, -0.25) is 4.79 Å². The monoisotopic (exact) mass is 750 g/mol. The van der Waals surface area contributed by atoms with Crippen LogP contribution >= 0.6 is 22.6 Å². The van der Waals surface area contributed by atoms with E-state index in [1.54, 1.807) is 0 Å². The zero-order chi connectivity index (χ0) is 33.4. The Kier molecular flexibility index (Phi) is 16.4. The fraction of sp³-hybridized carbons (Fsp3) is 0.857. The molecular formula is C35H67IO5Si2. The Morgan fingerprint density at radius 3 is 1.93 bits per heavy atom. The Morgan fingerprint density at radius 2 is 1.42 bits per heavy atom. The highest BCUT2D eigenvalue weighted by molar-refractivity contribution is 14.1. The molecule has 1 heterocycles. The first-order valence-corrected chi connectivity index (χ1v) is 23.6. The number of ether oxygens (including phenoxy) is 1. The predicted molar refractivity (Wildman–Crippen MR) is 197 cm³/mol. The van der Waals surface area contributed by atoms with Gasteiger partial charge in [-0.25, -0.2) is 0 Å². The van der Waals surface area contributed by atoms with E-state index in [0.29, 0.717) is 12.3 Å². The zero-order valence-electron chi connectivity index (χ0n) is 30.2. The van der Waals surface area contributed by atoms with Gasteiger partial charge < -0.3 is 18.7 Å². The van der Waals surface area contributed by atoms with E-state index in [2.05, 4.69) is 129 Å². The average molecular weight is 751 g/mol. The number of cyclic esters (lactones) is 1. The van der Waals surface area contributed by atoms with Crippen molar-refractivity contribution in [3.05, 3.63) is 21.8 Å². The van der Waals surface area contributed by atoms with Gasteiger partial charge in [-0.1, -0.05) is 67.5 Å². The van der Waals surface area contributed by atoms with Crippen LogP contribution in [0.1, 0.15) is 114 Å². The van der Waals surface area contributed by atoms with E-state index in [4.69, 9.17) is 13.6 Å². The number of aliphatic hydroxyl groups excluding tert-OH is 1. The number of esters is 1. The van der Waals surface area contributed by atoms with E-state index < -0.39 is 22.7 Å². The summed E-state index contributed by atoms with van der Waals surface area (Å²) in [6.45, 7) is 31.0. The van der Waals surface area contributed by atoms with Gasteiger partial charge in [0.15, 0.2) is 16.6 Å². The smallest absolute Gasteiger partial charge is 0.311 e. The minimum absolute atomic E-state index is 0.0307. The van der Waals surface area contributed by atoms with Gasteiger partial charge in [-0.05, 0) is 139 Å². The van der Waals surface area contributed by atoms with Crippen LogP contribution in [0.2, 0.25) is 36.3 Å². The van der Waals surface area contributed by atoms with Gasteiger partial charge in [0.25, 0.3) is 0 Å². The lowest BCUT2D eigenvalue weighted by Gasteiger charge is -2.41. The molecule has 0 radical (unpaired) electrons. The van der Waals surface area contributed by atoms with Crippen LogP contribution < -0.4 is 0 Å². The Bertz CT molecular complexity index is 914. The Labute approximate surface area is 281 Å². The quantitative estimate of drug-likeness (QED) is 0.131. The van der Waals surface area contributed by atoms with Gasteiger partial charge in [0.1, 0.15) is 6.10 Å². The van der Waals surface area contributed by atoms with Crippen LogP contribution in [0, 0.1) is 17.8 Å². The van der Waals surface area contributed by atoms with Crippen molar-refractivity contribution in [1.82, 2.24) is 0 Å². The van der Waals surface area contributed by atoms with Crippen LogP contribution in [0.5, 0.6) is 0 Å². The van der Waals surface area contributed by atoms with E-state index in [0.717, 1.165) is 42.1 Å². The number of aliphatic hydroxyl groups is 1. The summed E-state index contributed by atoms with van der Waals surface area (Å²) in [6, 6.07) is 0. The standard InChI is InChI=1S/C35H67IO5Si2/c1-25-18-16-15-17-19-31(40-42(11,12)34(5,6)7)30(37)21-20-26(2)23-32(41-43(13,14)35(8,9)10)28(4)33(38)39-29(22-25)24-27(3)36/h15-16,24-26,28-32,37H,17-23H2,1-14H3/b16-15+,27-24+/t25-,26-,28-,29-,30-,31-,32+/m0/s1. The second-order valence-corrected chi connectivity index (χ2v) is 27.7. The lowest BCUT2D eigenvalue weighted by atomic mass is 9.90. The largest absolute Gasteiger partial charge is 0.458 e. The van der Waals surface area contributed by atoms with Crippen LogP contribution in [-0.4, -0.2) is 52.1 Å². The van der Waals surface area contributed by atoms with Crippen LogP contribution in [0.25, 0.3) is 0 Å². The van der Waals surface area contributed by atoms with E-state index in [-0.39, 0.29) is 46.2 Å². The van der Waals surface area contributed by atoms with Crippen molar-refractivity contribution in [3.8, 4) is 0 Å². The number of hydrogen-bond acceptors (Lipinski definition) is 5. The maximum atomic E-state index is 13.7. The molecule has 5 nitrogen and oxygen atoms in total. The van der Waals surface area contributed by atoms with Crippen molar-refractivity contribution in [2.24, 2.45) is 17.8 Å². The third-order valence-corrected chi connectivity index (χ3v) is 19.5. The molecule has 1 aliphatic rings. The van der Waals surface area contributed by atoms with E-state index in [1.807, 2.05) is 6.92 Å². The Morgan fingerprint density at radius 1 is 0.884 bits per heavy atom. The maximum Gasteiger partial charge on any atom is 0.311 e. The third-order valence-electron chi connectivity index (χ3n) is 10.1. The lowest BCUT2D eigenvalue weighted by molar-refractivity contribution is -0.155. The normalized spacial score (nSPS) is 31.6. The summed E-state index contributed by atoms with van der Waals surface area (Å²) in [7, 11) is -4.19. The molecule has 252 valence electrons. The molecular weight excluding hydrogens is 683 g/mol. The van der Waals surface area contributed by atoms with Gasteiger partial charge in [0.2, 0.25) is 0 Å². The molecule has 0 aliphatic carbocycles. The number of halogens is 1. The highest BCUT2D eigenvalue weighted by atomic mass is 127. The summed E-state index contributed by atoms with van der Waals surface area (Å²) >= 11 is 2.30. The summed E-state index contributed by atoms with van der Waals surface area (Å²) < 4.78 is 21.1. The molecule has 0 amide bonds. The molecule has 0 aromatic carbocycles. The number of allylic oxidation sites excluding steroid dienone is 3. The van der Waals surface area contributed by atoms with Crippen LogP contribution in [0.3, 0.4) is 0 Å². The Hall–Kier alpha value is -0.00623. The minimum Gasteiger partial charge on any atom is -0.458 e. The van der Waals surface area contributed by atoms with Crippen molar-refractivity contribution in [2.45, 2.75) is 175 Å². The van der Waals surface area contributed by atoms with Crippen molar-refractivity contribution in [3.63, 3.8) is 0 Å². The SMILES string of the molecule is C/C(I)=C\[C@@H]1C[C@@H](C)C/C=C/CC[C@H](O[Si](C)(C)C(C)(C)C)[C@@H](O)CC[C@H](C)C[C@@H](O[Si](C)(C)C(C)(C)C)[C@H](C)C(=O)O1. The molecule has 1 rings (SSSR count). The Balaban J connectivity index is 3.40. The van der Waals surface area contributed by atoms with Gasteiger partial charge >= 0.3 is 5.97 Å². The van der Waals surface area contributed by atoms with Crippen molar-refractivity contribution in [2.75, 3.05) is 0 Å². The molecule has 0 fully saturated rings. The summed E-state index contributed by atoms with van der Waals surface area (Å²) in [5, 5.41) is 11.6. The molecule has 43 heavy (non-hydrogen) atoms. The van der Waals surface area contributed by atoms with E-state index in [9.17, 15) is 9.90 Å². The average Bonchev–Trinajstić information content (AvgIpc) is 2.82. The summed E-state index contributed by atoms with van der Waals surface area (Å²) in [6.07, 6.45) is 11.1. The van der Waals surface area contributed by atoms with Gasteiger partial charge in [0.05, 0.1) is 24.2 Å². The topological polar surface area (TPSA) is 65.0 Å². The fourth-order valence-corrected chi connectivity index (χ4v) is 8.16. The van der Waals surface area contributed by atoms with E-state index in [1.165, 1.54) is 0 Å². The molecule has 0 aromatic heterocycles. The summed E-state index contributed by atoms with van der Waals surface area (Å²) in [4.78, 5) is 13.7. The number of carbonyl (C=O) groups excluding carboxylic acids is 1. The second kappa shape index (κ2) is 17.2. The van der Waals surface area contributed by atoms with Crippen LogP contribution in [0.15, 0.2) is 21.8 Å². The molecule has 0 bridgehead atoms. The molecule has 0 saturated heterocycles. The molecule has 1 aliphatic heterocycles. The number of rotatable bonds is 5. The molecule has 0 spiro atoms. The van der Waals surface area contributed by atoms with Crippen LogP contribution in [0.4, 0.5) is 0 Å². The summed E-state index contributed by atoms with van der Waals surface area (Å²) in [5.41, 5.74) is 0. The van der Waals surface area contributed by atoms with Gasteiger partial charge in [-0.15, -0.1) is 0 Å². The highest BCUT2D eigenvalue weighted by Crippen LogP contribution is 2.40. The van der Waals surface area contributed by atoms with Crippen molar-refractivity contribution < 1.29 is 23.5 Å². The molecule has 0 aromatic rings. The molecule has 8 heteroatoms. The summed E-state index contributed by atoms with van der Waals surface area (Å²) in [5.74, 6) is 0.0795. The van der Waals surface area contributed by atoms with Crippen LogP contribution in [-0.2, 0) is 18.4 Å². The fourth-order valence-electron chi connectivity index (χ4n) is 4.96. The highest BCUT2D eigenvalue weighted by Gasteiger charge is 2.43. The predicted octanol–water partition coefficient (Wildman–Crippen LogP) is 10.6. The first-order chi connectivity index (χ1) is 19.5. The first kappa shape index (κ1) is 41.0. The maximum absolute atomic E-state index is 13.7. The second-order valence-electron chi connectivity index (χ2n) is 16.5. The number of hydrogen-bond donors (Lipinski definition) is 1. The number of carbonyl (C=O) groups is 1. The molecule has 1 N–H and O–H groups in total. The van der Waals surface area contributed by atoms with E-state index >= 15 is 0 Å². The van der Waals surface area contributed by atoms with Gasteiger partial charge in [-0.2, -0.15) is 0 Å². The minimum atomic E-state index is -2.15. The van der Waals surface area contributed by atoms with Crippen molar-refractivity contribution >= 4 is 45.2 Å². The van der Waals surface area contributed by atoms with Gasteiger partial charge in [0, 0.05) is 0 Å². The zero-order valence-corrected chi connectivity index (χ0v) is 34.3. The molecule has 7 atom stereocenters.